The first-order valence-electron chi connectivity index (χ1n) is 5.67. The number of aliphatic carboxylic acids is 1. The highest BCUT2D eigenvalue weighted by molar-refractivity contribution is 7.92. The fraction of sp³-hybridized carbons (Fsp3) is 0.417. The Morgan fingerprint density at radius 2 is 1.89 bits per heavy atom. The molecule has 2 atom stereocenters. The summed E-state index contributed by atoms with van der Waals surface area (Å²) < 4.78 is 24.7. The number of rotatable bonds is 3. The number of carboxylic acids is 1. The Bertz CT molecular complexity index is 550. The molecule has 1 aliphatic rings. The van der Waals surface area contributed by atoms with Crippen LogP contribution in [0.5, 0.6) is 0 Å². The summed E-state index contributed by atoms with van der Waals surface area (Å²) in [5.41, 5.74) is 0.966. The topological polar surface area (TPSA) is 83.5 Å². The van der Waals surface area contributed by atoms with Crippen LogP contribution in [0.2, 0.25) is 0 Å². The number of aryl methyl sites for hydroxylation is 1. The van der Waals surface area contributed by atoms with Crippen molar-refractivity contribution in [1.29, 1.82) is 0 Å². The van der Waals surface area contributed by atoms with Crippen LogP contribution in [0, 0.1) is 12.8 Å². The second-order valence-electron chi connectivity index (χ2n) is 4.50. The van der Waals surface area contributed by atoms with Crippen molar-refractivity contribution in [3.8, 4) is 0 Å². The summed E-state index contributed by atoms with van der Waals surface area (Å²) in [5.74, 6) is -1.95. The quantitative estimate of drug-likeness (QED) is 0.832. The number of sulfone groups is 1. The van der Waals surface area contributed by atoms with Gasteiger partial charge in [0.2, 0.25) is 0 Å². The molecule has 6 heteroatoms. The zero-order valence-electron chi connectivity index (χ0n) is 9.96. The van der Waals surface area contributed by atoms with E-state index in [-0.39, 0.29) is 18.0 Å². The van der Waals surface area contributed by atoms with E-state index in [1.807, 2.05) is 6.92 Å². The van der Waals surface area contributed by atoms with Gasteiger partial charge in [-0.05, 0) is 19.1 Å². The van der Waals surface area contributed by atoms with Gasteiger partial charge in [0.25, 0.3) is 0 Å². The Hall–Kier alpha value is -1.40. The number of carboxylic acid groups (broad SMARTS) is 1. The molecule has 1 heterocycles. The van der Waals surface area contributed by atoms with Crippen molar-refractivity contribution in [2.24, 2.45) is 5.92 Å². The van der Waals surface area contributed by atoms with Gasteiger partial charge in [-0.25, -0.2) is 8.42 Å². The van der Waals surface area contributed by atoms with Crippen LogP contribution in [0.3, 0.4) is 0 Å². The van der Waals surface area contributed by atoms with Crippen LogP contribution in [0.1, 0.15) is 5.56 Å². The van der Waals surface area contributed by atoms with E-state index in [0.29, 0.717) is 0 Å². The third kappa shape index (κ3) is 2.26. The minimum atomic E-state index is -3.59. The van der Waals surface area contributed by atoms with Gasteiger partial charge >= 0.3 is 5.97 Å². The smallest absolute Gasteiger partial charge is 0.309 e. The molecular formula is C12H15NO4S. The second-order valence-corrected chi connectivity index (χ2v) is 6.67. The highest BCUT2D eigenvalue weighted by Crippen LogP contribution is 2.24. The van der Waals surface area contributed by atoms with Crippen molar-refractivity contribution in [2.75, 3.05) is 13.1 Å². The summed E-state index contributed by atoms with van der Waals surface area (Å²) in [6.45, 7) is 2.26. The molecule has 0 aliphatic carbocycles. The first kappa shape index (κ1) is 13.0. The van der Waals surface area contributed by atoms with Crippen LogP contribution in [0.25, 0.3) is 0 Å². The van der Waals surface area contributed by atoms with Gasteiger partial charge in [0.1, 0.15) is 0 Å². The fourth-order valence-electron chi connectivity index (χ4n) is 2.13. The van der Waals surface area contributed by atoms with Crippen LogP contribution in [0.4, 0.5) is 0 Å². The highest BCUT2D eigenvalue weighted by Gasteiger charge is 2.42. The van der Waals surface area contributed by atoms with Gasteiger partial charge in [0.15, 0.2) is 9.84 Å². The zero-order chi connectivity index (χ0) is 13.3. The Morgan fingerprint density at radius 1 is 1.28 bits per heavy atom. The molecule has 18 heavy (non-hydrogen) atoms. The maximum absolute atomic E-state index is 12.4. The summed E-state index contributed by atoms with van der Waals surface area (Å²) >= 11 is 0. The van der Waals surface area contributed by atoms with Gasteiger partial charge in [0.05, 0.1) is 16.1 Å². The lowest BCUT2D eigenvalue weighted by Crippen LogP contribution is -2.33. The molecule has 1 aromatic rings. The van der Waals surface area contributed by atoms with Gasteiger partial charge < -0.3 is 10.4 Å². The van der Waals surface area contributed by atoms with Crippen LogP contribution < -0.4 is 5.32 Å². The standard InChI is InChI=1S/C12H15NO4S/c1-8-2-4-9(5-3-8)18(16,17)11-7-13-6-10(11)12(14)15/h2-5,10-11,13H,6-7H2,1H3,(H,14,15)/t10-,11+/m1/s1. The lowest BCUT2D eigenvalue weighted by molar-refractivity contribution is -0.140. The lowest BCUT2D eigenvalue weighted by atomic mass is 10.1. The third-order valence-corrected chi connectivity index (χ3v) is 5.45. The van der Waals surface area contributed by atoms with Crippen molar-refractivity contribution in [2.45, 2.75) is 17.1 Å². The van der Waals surface area contributed by atoms with E-state index < -0.39 is 27.0 Å². The predicted octanol–water partition coefficient (Wildman–Crippen LogP) is 0.441. The number of hydrogen-bond donors (Lipinski definition) is 2. The van der Waals surface area contributed by atoms with Crippen molar-refractivity contribution in [3.05, 3.63) is 29.8 Å². The molecule has 0 spiro atoms. The average molecular weight is 269 g/mol. The highest BCUT2D eigenvalue weighted by atomic mass is 32.2. The zero-order valence-corrected chi connectivity index (χ0v) is 10.8. The van der Waals surface area contributed by atoms with Crippen molar-refractivity contribution in [1.82, 2.24) is 5.32 Å². The average Bonchev–Trinajstić information content (AvgIpc) is 2.79. The summed E-state index contributed by atoms with van der Waals surface area (Å²) in [4.78, 5) is 11.2. The predicted molar refractivity (Wildman–Crippen MR) is 66.1 cm³/mol. The van der Waals surface area contributed by atoms with E-state index in [9.17, 15) is 13.2 Å². The van der Waals surface area contributed by atoms with E-state index >= 15 is 0 Å². The van der Waals surface area contributed by atoms with Crippen molar-refractivity contribution in [3.63, 3.8) is 0 Å². The maximum Gasteiger partial charge on any atom is 0.309 e. The maximum atomic E-state index is 12.4. The SMILES string of the molecule is Cc1ccc(S(=O)(=O)[C@H]2CNC[C@H]2C(=O)O)cc1. The van der Waals surface area contributed by atoms with Crippen LogP contribution in [0.15, 0.2) is 29.2 Å². The van der Waals surface area contributed by atoms with Crippen LogP contribution in [-0.4, -0.2) is 37.8 Å². The molecule has 1 aromatic carbocycles. The fourth-order valence-corrected chi connectivity index (χ4v) is 3.98. The van der Waals surface area contributed by atoms with Gasteiger partial charge in [0, 0.05) is 13.1 Å². The molecule has 0 aromatic heterocycles. The summed E-state index contributed by atoms with van der Waals surface area (Å²) in [5, 5.41) is 11.0. The first-order valence-corrected chi connectivity index (χ1v) is 7.21. The second kappa shape index (κ2) is 4.70. The molecule has 0 bridgehead atoms. The van der Waals surface area contributed by atoms with Gasteiger partial charge in [-0.2, -0.15) is 0 Å². The molecule has 0 unspecified atom stereocenters. The number of nitrogens with one attached hydrogen (secondary N) is 1. The molecule has 1 fully saturated rings. The Kier molecular flexibility index (Phi) is 3.41. The van der Waals surface area contributed by atoms with Gasteiger partial charge in [-0.1, -0.05) is 17.7 Å². The molecule has 0 radical (unpaired) electrons. The van der Waals surface area contributed by atoms with Crippen molar-refractivity contribution >= 4 is 15.8 Å². The molecule has 0 amide bonds. The Balaban J connectivity index is 2.36. The third-order valence-electron chi connectivity index (χ3n) is 3.22. The monoisotopic (exact) mass is 269 g/mol. The molecule has 1 saturated heterocycles. The van der Waals surface area contributed by atoms with E-state index in [0.717, 1.165) is 5.56 Å². The Morgan fingerprint density at radius 3 is 2.44 bits per heavy atom. The largest absolute Gasteiger partial charge is 0.481 e. The molecule has 0 saturated carbocycles. The van der Waals surface area contributed by atoms with E-state index in [1.165, 1.54) is 12.1 Å². The summed E-state index contributed by atoms with van der Waals surface area (Å²) in [6, 6.07) is 6.49. The normalized spacial score (nSPS) is 24.1. The lowest BCUT2D eigenvalue weighted by Gasteiger charge is -2.15. The van der Waals surface area contributed by atoms with E-state index in [4.69, 9.17) is 5.11 Å². The summed E-state index contributed by atoms with van der Waals surface area (Å²) in [7, 11) is -3.59. The molecule has 98 valence electrons. The molecule has 1 aliphatic heterocycles. The van der Waals surface area contributed by atoms with Crippen LogP contribution >= 0.6 is 0 Å². The number of carbonyl (C=O) groups is 1. The van der Waals surface area contributed by atoms with E-state index in [1.54, 1.807) is 12.1 Å². The van der Waals surface area contributed by atoms with Crippen molar-refractivity contribution < 1.29 is 18.3 Å². The minimum Gasteiger partial charge on any atom is -0.481 e. The molecular weight excluding hydrogens is 254 g/mol. The minimum absolute atomic E-state index is 0.188. The number of benzene rings is 1. The van der Waals surface area contributed by atoms with Gasteiger partial charge in [-0.3, -0.25) is 4.79 Å². The molecule has 2 N–H and O–H groups in total. The molecule has 2 rings (SSSR count). The molecule has 5 nitrogen and oxygen atoms in total. The van der Waals surface area contributed by atoms with Crippen LogP contribution in [-0.2, 0) is 14.6 Å². The number of hydrogen-bond acceptors (Lipinski definition) is 4. The van der Waals surface area contributed by atoms with Gasteiger partial charge in [-0.15, -0.1) is 0 Å². The summed E-state index contributed by atoms with van der Waals surface area (Å²) in [6.07, 6.45) is 0. The van der Waals surface area contributed by atoms with E-state index in [2.05, 4.69) is 5.32 Å². The first-order chi connectivity index (χ1) is 8.43. The Labute approximate surface area is 106 Å².